The zero-order valence-corrected chi connectivity index (χ0v) is 13.0. The van der Waals surface area contributed by atoms with E-state index in [-0.39, 0.29) is 6.54 Å². The molecule has 10 heteroatoms. The van der Waals surface area contributed by atoms with E-state index in [1.807, 2.05) is 0 Å². The summed E-state index contributed by atoms with van der Waals surface area (Å²) in [5.41, 5.74) is -0.954. The third-order valence-electron chi connectivity index (χ3n) is 3.07. The van der Waals surface area contributed by atoms with Crippen LogP contribution in [0.5, 0.6) is 0 Å². The van der Waals surface area contributed by atoms with E-state index in [1.165, 1.54) is 20.8 Å². The van der Waals surface area contributed by atoms with Gasteiger partial charge in [-0.25, -0.2) is 4.79 Å². The summed E-state index contributed by atoms with van der Waals surface area (Å²) in [6, 6.07) is -2.46. The SMILES string of the molecule is CC(C)(C)OC(=O)N1C[C@H](CC(F)(F)F)NC[C@@H]1CC(F)(F)F. The van der Waals surface area contributed by atoms with Gasteiger partial charge in [0, 0.05) is 19.1 Å². The van der Waals surface area contributed by atoms with Gasteiger partial charge in [0.25, 0.3) is 0 Å². The number of piperazine rings is 1. The fraction of sp³-hybridized carbons (Fsp3) is 0.923. The van der Waals surface area contributed by atoms with Gasteiger partial charge in [-0.3, -0.25) is 0 Å². The van der Waals surface area contributed by atoms with Gasteiger partial charge in [-0.05, 0) is 20.8 Å². The lowest BCUT2D eigenvalue weighted by atomic mass is 10.0. The molecule has 0 aromatic heterocycles. The highest BCUT2D eigenvalue weighted by molar-refractivity contribution is 5.68. The zero-order chi connectivity index (χ0) is 18.1. The quantitative estimate of drug-likeness (QED) is 0.776. The summed E-state index contributed by atoms with van der Waals surface area (Å²) >= 11 is 0. The molecule has 1 rings (SSSR count). The average molecular weight is 350 g/mol. The van der Waals surface area contributed by atoms with Gasteiger partial charge in [-0.2, -0.15) is 26.3 Å². The summed E-state index contributed by atoms with van der Waals surface area (Å²) in [5, 5.41) is 2.43. The van der Waals surface area contributed by atoms with Crippen molar-refractivity contribution in [3.63, 3.8) is 0 Å². The van der Waals surface area contributed by atoms with E-state index in [0.29, 0.717) is 0 Å². The Kier molecular flexibility index (Phi) is 5.82. The van der Waals surface area contributed by atoms with E-state index >= 15 is 0 Å². The van der Waals surface area contributed by atoms with Crippen molar-refractivity contribution in [2.45, 2.75) is 63.7 Å². The van der Waals surface area contributed by atoms with Gasteiger partial charge < -0.3 is 15.0 Å². The topological polar surface area (TPSA) is 41.6 Å². The lowest BCUT2D eigenvalue weighted by Crippen LogP contribution is -2.60. The number of carbonyl (C=O) groups excluding carboxylic acids is 1. The Morgan fingerprint density at radius 3 is 2.04 bits per heavy atom. The molecular weight excluding hydrogens is 330 g/mol. The van der Waals surface area contributed by atoms with Crippen LogP contribution in [0.2, 0.25) is 0 Å². The highest BCUT2D eigenvalue weighted by Crippen LogP contribution is 2.29. The minimum Gasteiger partial charge on any atom is -0.444 e. The number of rotatable bonds is 2. The maximum atomic E-state index is 12.6. The minimum absolute atomic E-state index is 0.375. The summed E-state index contributed by atoms with van der Waals surface area (Å²) in [6.07, 6.45) is -12.6. The van der Waals surface area contributed by atoms with Crippen molar-refractivity contribution >= 4 is 6.09 Å². The van der Waals surface area contributed by atoms with Crippen molar-refractivity contribution in [1.29, 1.82) is 0 Å². The average Bonchev–Trinajstić information content (AvgIpc) is 2.24. The van der Waals surface area contributed by atoms with Crippen molar-refractivity contribution in [2.75, 3.05) is 13.1 Å². The predicted molar refractivity (Wildman–Crippen MR) is 69.9 cm³/mol. The summed E-state index contributed by atoms with van der Waals surface area (Å²) in [7, 11) is 0. The van der Waals surface area contributed by atoms with Crippen molar-refractivity contribution in [2.24, 2.45) is 0 Å². The molecule has 0 radical (unpaired) electrons. The highest BCUT2D eigenvalue weighted by atomic mass is 19.4. The Bertz CT molecular complexity index is 416. The van der Waals surface area contributed by atoms with Gasteiger partial charge in [0.2, 0.25) is 0 Å². The number of alkyl halides is 6. The summed E-state index contributed by atoms with van der Waals surface area (Å²) in [5.74, 6) is 0. The van der Waals surface area contributed by atoms with Gasteiger partial charge in [0.05, 0.1) is 18.9 Å². The van der Waals surface area contributed by atoms with Crippen LogP contribution in [0.4, 0.5) is 31.1 Å². The molecule has 136 valence electrons. The van der Waals surface area contributed by atoms with Crippen LogP contribution in [0.15, 0.2) is 0 Å². The van der Waals surface area contributed by atoms with Crippen molar-refractivity contribution in [1.82, 2.24) is 10.2 Å². The standard InChI is InChI=1S/C13H20F6N2O2/c1-11(2,3)23-10(22)21-7-8(4-12(14,15)16)20-6-9(21)5-13(17,18)19/h8-9,20H,4-7H2,1-3H3/t8-,9-/m0/s1. The molecule has 23 heavy (non-hydrogen) atoms. The maximum Gasteiger partial charge on any atom is 0.410 e. The van der Waals surface area contributed by atoms with Crippen LogP contribution in [0, 0.1) is 0 Å². The van der Waals surface area contributed by atoms with E-state index in [0.717, 1.165) is 4.90 Å². The van der Waals surface area contributed by atoms with Crippen LogP contribution < -0.4 is 5.32 Å². The molecule has 0 spiro atoms. The summed E-state index contributed by atoms with van der Waals surface area (Å²) in [6.45, 7) is 3.71. The van der Waals surface area contributed by atoms with Gasteiger partial charge >= 0.3 is 18.4 Å². The Hall–Kier alpha value is -1.19. The molecule has 0 unspecified atom stereocenters. The predicted octanol–water partition coefficient (Wildman–Crippen LogP) is 3.47. The van der Waals surface area contributed by atoms with Crippen LogP contribution >= 0.6 is 0 Å². The van der Waals surface area contributed by atoms with E-state index in [2.05, 4.69) is 5.32 Å². The van der Waals surface area contributed by atoms with E-state index < -0.39 is 55.5 Å². The molecule has 0 aliphatic carbocycles. The monoisotopic (exact) mass is 350 g/mol. The van der Waals surface area contributed by atoms with Crippen molar-refractivity contribution in [3.05, 3.63) is 0 Å². The molecule has 1 heterocycles. The lowest BCUT2D eigenvalue weighted by molar-refractivity contribution is -0.156. The van der Waals surface area contributed by atoms with Crippen LogP contribution in [-0.4, -0.2) is 54.1 Å². The Balaban J connectivity index is 2.85. The van der Waals surface area contributed by atoms with E-state index in [9.17, 15) is 31.1 Å². The molecule has 1 amide bonds. The lowest BCUT2D eigenvalue weighted by Gasteiger charge is -2.41. The van der Waals surface area contributed by atoms with Crippen molar-refractivity contribution < 1.29 is 35.9 Å². The molecule has 4 nitrogen and oxygen atoms in total. The molecular formula is C13H20F6N2O2. The van der Waals surface area contributed by atoms with Crippen molar-refractivity contribution in [3.8, 4) is 0 Å². The minimum atomic E-state index is -4.54. The van der Waals surface area contributed by atoms with Crippen LogP contribution in [0.3, 0.4) is 0 Å². The third kappa shape index (κ3) is 7.76. The van der Waals surface area contributed by atoms with E-state index in [1.54, 1.807) is 0 Å². The number of halogens is 6. The number of ether oxygens (including phenoxy) is 1. The summed E-state index contributed by atoms with van der Waals surface area (Å²) in [4.78, 5) is 12.8. The third-order valence-corrected chi connectivity index (χ3v) is 3.07. The highest BCUT2D eigenvalue weighted by Gasteiger charge is 2.43. The molecule has 2 atom stereocenters. The molecule has 0 aromatic rings. The molecule has 0 bridgehead atoms. The second-order valence-electron chi connectivity index (χ2n) is 6.53. The first-order chi connectivity index (χ1) is 10.2. The van der Waals surface area contributed by atoms with Gasteiger partial charge in [-0.15, -0.1) is 0 Å². The van der Waals surface area contributed by atoms with Gasteiger partial charge in [0.15, 0.2) is 0 Å². The summed E-state index contributed by atoms with van der Waals surface area (Å²) < 4.78 is 80.2. The molecule has 1 N–H and O–H groups in total. The number of hydrogen-bond acceptors (Lipinski definition) is 3. The van der Waals surface area contributed by atoms with E-state index in [4.69, 9.17) is 4.74 Å². The molecule has 1 saturated heterocycles. The molecule has 1 fully saturated rings. The number of nitrogens with one attached hydrogen (secondary N) is 1. The number of carbonyl (C=O) groups is 1. The van der Waals surface area contributed by atoms with Crippen LogP contribution in [0.1, 0.15) is 33.6 Å². The zero-order valence-electron chi connectivity index (χ0n) is 13.0. The Morgan fingerprint density at radius 2 is 1.61 bits per heavy atom. The second kappa shape index (κ2) is 6.74. The Morgan fingerprint density at radius 1 is 1.09 bits per heavy atom. The molecule has 1 aliphatic rings. The largest absolute Gasteiger partial charge is 0.444 e. The molecule has 0 aromatic carbocycles. The first-order valence-electron chi connectivity index (χ1n) is 7.03. The first kappa shape index (κ1) is 19.9. The molecule has 0 saturated carbocycles. The second-order valence-corrected chi connectivity index (χ2v) is 6.53. The fourth-order valence-corrected chi connectivity index (χ4v) is 2.27. The van der Waals surface area contributed by atoms with Gasteiger partial charge in [0.1, 0.15) is 5.60 Å². The number of nitrogens with zero attached hydrogens (tertiary/aromatic N) is 1. The number of amides is 1. The Labute approximate surface area is 130 Å². The van der Waals surface area contributed by atoms with Crippen LogP contribution in [-0.2, 0) is 4.74 Å². The van der Waals surface area contributed by atoms with Gasteiger partial charge in [-0.1, -0.05) is 0 Å². The molecule has 1 aliphatic heterocycles. The normalized spacial score (nSPS) is 23.8. The smallest absolute Gasteiger partial charge is 0.410 e. The fourth-order valence-electron chi connectivity index (χ4n) is 2.27. The van der Waals surface area contributed by atoms with Crippen LogP contribution in [0.25, 0.3) is 0 Å². The maximum absolute atomic E-state index is 12.6. The first-order valence-corrected chi connectivity index (χ1v) is 7.03. The number of hydrogen-bond donors (Lipinski definition) is 1.